The summed E-state index contributed by atoms with van der Waals surface area (Å²) in [6, 6.07) is 0. The summed E-state index contributed by atoms with van der Waals surface area (Å²) in [4.78, 5) is 2.50. The maximum absolute atomic E-state index is 5.99. The molecular formula is C14H28N2O. The van der Waals surface area contributed by atoms with E-state index >= 15 is 0 Å². The van der Waals surface area contributed by atoms with Gasteiger partial charge in [-0.2, -0.15) is 0 Å². The minimum Gasteiger partial charge on any atom is -0.381 e. The number of rotatable bonds is 5. The Labute approximate surface area is 106 Å². The van der Waals surface area contributed by atoms with Crippen LogP contribution in [0.2, 0.25) is 0 Å². The van der Waals surface area contributed by atoms with Crippen molar-refractivity contribution in [2.75, 3.05) is 39.9 Å². The second-order valence-corrected chi connectivity index (χ2v) is 6.21. The van der Waals surface area contributed by atoms with E-state index in [1.165, 1.54) is 45.1 Å². The predicted molar refractivity (Wildman–Crippen MR) is 71.0 cm³/mol. The van der Waals surface area contributed by atoms with Crippen molar-refractivity contribution in [2.45, 2.75) is 38.5 Å². The lowest BCUT2D eigenvalue weighted by Gasteiger charge is -2.39. The highest BCUT2D eigenvalue weighted by atomic mass is 16.5. The van der Waals surface area contributed by atoms with Crippen LogP contribution in [-0.4, -0.2) is 44.8 Å². The smallest absolute Gasteiger partial charge is 0.0546 e. The molecule has 2 fully saturated rings. The summed E-state index contributed by atoms with van der Waals surface area (Å²) in [6.45, 7) is 4.91. The first-order valence-electron chi connectivity index (χ1n) is 7.20. The van der Waals surface area contributed by atoms with E-state index in [-0.39, 0.29) is 5.41 Å². The van der Waals surface area contributed by atoms with Crippen molar-refractivity contribution in [1.29, 1.82) is 0 Å². The van der Waals surface area contributed by atoms with Crippen LogP contribution in [0.1, 0.15) is 38.5 Å². The van der Waals surface area contributed by atoms with Crippen molar-refractivity contribution in [3.05, 3.63) is 0 Å². The van der Waals surface area contributed by atoms with Gasteiger partial charge in [0, 0.05) is 31.7 Å². The Balaban J connectivity index is 1.80. The molecule has 1 atom stereocenters. The Morgan fingerprint density at radius 2 is 2.06 bits per heavy atom. The van der Waals surface area contributed by atoms with E-state index in [0.29, 0.717) is 0 Å². The highest BCUT2D eigenvalue weighted by Gasteiger charge is 2.33. The third-order valence-corrected chi connectivity index (χ3v) is 4.49. The fourth-order valence-electron chi connectivity index (χ4n) is 3.53. The summed E-state index contributed by atoms with van der Waals surface area (Å²) in [6.07, 6.45) is 8.13. The van der Waals surface area contributed by atoms with Gasteiger partial charge in [0.2, 0.25) is 0 Å². The third kappa shape index (κ3) is 3.67. The fourth-order valence-corrected chi connectivity index (χ4v) is 3.53. The van der Waals surface area contributed by atoms with E-state index in [4.69, 9.17) is 10.5 Å². The molecule has 2 aliphatic rings. The molecular weight excluding hydrogens is 212 g/mol. The molecule has 1 unspecified atom stereocenters. The van der Waals surface area contributed by atoms with Gasteiger partial charge in [-0.05, 0) is 38.6 Å². The van der Waals surface area contributed by atoms with Crippen LogP contribution in [0, 0.1) is 11.3 Å². The Hall–Kier alpha value is -0.120. The molecule has 100 valence electrons. The SMILES string of the molecule is CN(CC1CCCC1)CC1(CN)CCCOC1. The topological polar surface area (TPSA) is 38.5 Å². The standard InChI is InChI=1S/C14H28N2O/c1-16(9-13-5-2-3-6-13)11-14(10-15)7-4-8-17-12-14/h13H,2-12,15H2,1H3. The van der Waals surface area contributed by atoms with E-state index < -0.39 is 0 Å². The van der Waals surface area contributed by atoms with Gasteiger partial charge in [0.25, 0.3) is 0 Å². The number of hydrogen-bond acceptors (Lipinski definition) is 3. The van der Waals surface area contributed by atoms with E-state index in [2.05, 4.69) is 11.9 Å². The average molecular weight is 240 g/mol. The quantitative estimate of drug-likeness (QED) is 0.797. The number of ether oxygens (including phenoxy) is 1. The second-order valence-electron chi connectivity index (χ2n) is 6.21. The molecule has 1 aliphatic heterocycles. The number of hydrogen-bond donors (Lipinski definition) is 1. The number of nitrogens with two attached hydrogens (primary N) is 1. The van der Waals surface area contributed by atoms with Crippen LogP contribution in [0.4, 0.5) is 0 Å². The van der Waals surface area contributed by atoms with Crippen LogP contribution in [-0.2, 0) is 4.74 Å². The molecule has 17 heavy (non-hydrogen) atoms. The minimum absolute atomic E-state index is 0.228. The van der Waals surface area contributed by atoms with Gasteiger partial charge < -0.3 is 15.4 Å². The second kappa shape index (κ2) is 6.17. The van der Waals surface area contributed by atoms with Crippen LogP contribution in [0.3, 0.4) is 0 Å². The predicted octanol–water partition coefficient (Wildman–Crippen LogP) is 1.86. The molecule has 1 saturated carbocycles. The monoisotopic (exact) mass is 240 g/mol. The van der Waals surface area contributed by atoms with Gasteiger partial charge in [0.05, 0.1) is 6.61 Å². The fraction of sp³-hybridized carbons (Fsp3) is 1.00. The summed E-state index contributed by atoms with van der Waals surface area (Å²) in [5, 5.41) is 0. The summed E-state index contributed by atoms with van der Waals surface area (Å²) >= 11 is 0. The lowest BCUT2D eigenvalue weighted by atomic mass is 9.82. The molecule has 1 aliphatic carbocycles. The number of nitrogens with zero attached hydrogens (tertiary/aromatic N) is 1. The van der Waals surface area contributed by atoms with Gasteiger partial charge >= 0.3 is 0 Å². The highest BCUT2D eigenvalue weighted by molar-refractivity contribution is 4.86. The highest BCUT2D eigenvalue weighted by Crippen LogP contribution is 2.30. The van der Waals surface area contributed by atoms with Crippen LogP contribution in [0.5, 0.6) is 0 Å². The molecule has 3 heteroatoms. The van der Waals surface area contributed by atoms with E-state index in [9.17, 15) is 0 Å². The summed E-state index contributed by atoms with van der Waals surface area (Å²) < 4.78 is 5.64. The van der Waals surface area contributed by atoms with E-state index in [0.717, 1.165) is 32.2 Å². The largest absolute Gasteiger partial charge is 0.381 e. The molecule has 0 aromatic heterocycles. The van der Waals surface area contributed by atoms with Crippen LogP contribution >= 0.6 is 0 Å². The van der Waals surface area contributed by atoms with Crippen LogP contribution in [0.15, 0.2) is 0 Å². The average Bonchev–Trinajstić information content (AvgIpc) is 2.83. The zero-order chi connectivity index (χ0) is 12.1. The Morgan fingerprint density at radius 1 is 1.29 bits per heavy atom. The normalized spacial score (nSPS) is 31.2. The molecule has 2 rings (SSSR count). The molecule has 0 aromatic carbocycles. The van der Waals surface area contributed by atoms with Crippen molar-refractivity contribution in [2.24, 2.45) is 17.1 Å². The van der Waals surface area contributed by atoms with E-state index in [1.807, 2.05) is 0 Å². The molecule has 0 amide bonds. The molecule has 0 aromatic rings. The summed E-state index contributed by atoms with van der Waals surface area (Å²) in [7, 11) is 2.25. The van der Waals surface area contributed by atoms with Gasteiger partial charge in [-0.15, -0.1) is 0 Å². The van der Waals surface area contributed by atoms with Crippen LogP contribution in [0.25, 0.3) is 0 Å². The Kier molecular flexibility index (Phi) is 4.83. The molecule has 1 heterocycles. The van der Waals surface area contributed by atoms with Crippen molar-refractivity contribution in [3.63, 3.8) is 0 Å². The maximum Gasteiger partial charge on any atom is 0.0546 e. The summed E-state index contributed by atoms with van der Waals surface area (Å²) in [5.41, 5.74) is 6.22. The molecule has 0 spiro atoms. The van der Waals surface area contributed by atoms with Gasteiger partial charge in [0.1, 0.15) is 0 Å². The first kappa shape index (κ1) is 13.3. The van der Waals surface area contributed by atoms with Gasteiger partial charge in [-0.1, -0.05) is 12.8 Å². The lowest BCUT2D eigenvalue weighted by molar-refractivity contribution is -0.0198. The minimum atomic E-state index is 0.228. The van der Waals surface area contributed by atoms with Crippen molar-refractivity contribution in [1.82, 2.24) is 4.90 Å². The molecule has 0 bridgehead atoms. The van der Waals surface area contributed by atoms with Crippen molar-refractivity contribution >= 4 is 0 Å². The molecule has 0 radical (unpaired) electrons. The summed E-state index contributed by atoms with van der Waals surface area (Å²) in [5.74, 6) is 0.930. The van der Waals surface area contributed by atoms with Gasteiger partial charge in [-0.25, -0.2) is 0 Å². The molecule has 3 nitrogen and oxygen atoms in total. The lowest BCUT2D eigenvalue weighted by Crippen LogP contribution is -2.47. The van der Waals surface area contributed by atoms with Crippen molar-refractivity contribution in [3.8, 4) is 0 Å². The maximum atomic E-state index is 5.99. The Bertz CT molecular complexity index is 220. The van der Waals surface area contributed by atoms with Crippen LogP contribution < -0.4 is 5.73 Å². The zero-order valence-electron chi connectivity index (χ0n) is 11.3. The first-order chi connectivity index (χ1) is 8.24. The molecule has 1 saturated heterocycles. The Morgan fingerprint density at radius 3 is 2.65 bits per heavy atom. The molecule has 2 N–H and O–H groups in total. The van der Waals surface area contributed by atoms with Gasteiger partial charge in [0.15, 0.2) is 0 Å². The van der Waals surface area contributed by atoms with Gasteiger partial charge in [-0.3, -0.25) is 0 Å². The third-order valence-electron chi connectivity index (χ3n) is 4.49. The zero-order valence-corrected chi connectivity index (χ0v) is 11.3. The van der Waals surface area contributed by atoms with Crippen molar-refractivity contribution < 1.29 is 4.74 Å². The first-order valence-corrected chi connectivity index (χ1v) is 7.20. The van der Waals surface area contributed by atoms with E-state index in [1.54, 1.807) is 0 Å².